The van der Waals surface area contributed by atoms with Crippen molar-refractivity contribution in [1.82, 2.24) is 9.13 Å². The SMILES string of the molecule is CCC(CC)CC1Cc2cn(CC(=O)c3cc(C(C)(C)C)c(O)c(C(C)(C)C)c3)c(=N)n2C1. The Balaban J connectivity index is 1.86. The number of carbonyl (C=O) groups is 1. The lowest BCUT2D eigenvalue weighted by Gasteiger charge is -2.28. The summed E-state index contributed by atoms with van der Waals surface area (Å²) in [7, 11) is 0. The molecule has 0 saturated heterocycles. The molecule has 1 atom stereocenters. The van der Waals surface area contributed by atoms with E-state index in [-0.39, 0.29) is 28.9 Å². The monoisotopic (exact) mass is 453 g/mol. The highest BCUT2D eigenvalue weighted by Gasteiger charge is 2.29. The highest BCUT2D eigenvalue weighted by atomic mass is 16.3. The molecule has 33 heavy (non-hydrogen) atoms. The molecule has 1 aromatic heterocycles. The topological polar surface area (TPSA) is 71.0 Å². The van der Waals surface area contributed by atoms with E-state index in [9.17, 15) is 9.90 Å². The number of phenolic OH excluding ortho intramolecular Hbond substituents is 1. The molecule has 1 aromatic carbocycles. The van der Waals surface area contributed by atoms with Gasteiger partial charge < -0.3 is 14.2 Å². The third-order valence-electron chi connectivity index (χ3n) is 7.30. The molecule has 0 fully saturated rings. The molecule has 2 aromatic rings. The first-order valence-electron chi connectivity index (χ1n) is 12.5. The minimum atomic E-state index is -0.282. The minimum Gasteiger partial charge on any atom is -0.507 e. The summed E-state index contributed by atoms with van der Waals surface area (Å²) < 4.78 is 3.86. The van der Waals surface area contributed by atoms with Gasteiger partial charge in [-0.1, -0.05) is 68.2 Å². The standard InChI is InChI=1S/C28H43N3O2/c1-9-18(10-2)11-19-12-21-16-30(26(29)31(21)15-19)17-24(32)20-13-22(27(3,4)5)25(33)23(14-20)28(6,7)8/h13-14,16,18-19,29,33H,9-12,15,17H2,1-8H3. The molecular weight excluding hydrogens is 410 g/mol. The van der Waals surface area contributed by atoms with Gasteiger partial charge in [-0.2, -0.15) is 0 Å². The lowest BCUT2D eigenvalue weighted by molar-refractivity contribution is 0.0969. The summed E-state index contributed by atoms with van der Waals surface area (Å²) in [6, 6.07) is 3.68. The zero-order valence-corrected chi connectivity index (χ0v) is 21.9. The molecule has 5 nitrogen and oxygen atoms in total. The lowest BCUT2D eigenvalue weighted by atomic mass is 9.78. The molecule has 0 spiro atoms. The van der Waals surface area contributed by atoms with E-state index in [1.165, 1.54) is 25.0 Å². The fourth-order valence-corrected chi connectivity index (χ4v) is 5.14. The molecule has 2 N–H and O–H groups in total. The molecule has 1 aliphatic rings. The van der Waals surface area contributed by atoms with Gasteiger partial charge >= 0.3 is 0 Å². The van der Waals surface area contributed by atoms with Crippen LogP contribution in [0.1, 0.15) is 102 Å². The number of Topliss-reactive ketones (excluding diaryl/α,β-unsaturated/α-hetero) is 1. The predicted octanol–water partition coefficient (Wildman–Crippen LogP) is 5.95. The summed E-state index contributed by atoms with van der Waals surface area (Å²) in [4.78, 5) is 13.4. The van der Waals surface area contributed by atoms with Crippen LogP contribution < -0.4 is 5.62 Å². The third kappa shape index (κ3) is 5.28. The van der Waals surface area contributed by atoms with Crippen LogP contribution >= 0.6 is 0 Å². The van der Waals surface area contributed by atoms with Gasteiger partial charge in [0.15, 0.2) is 5.78 Å². The molecule has 0 amide bonds. The fourth-order valence-electron chi connectivity index (χ4n) is 5.14. The number of hydrogen-bond acceptors (Lipinski definition) is 3. The summed E-state index contributed by atoms with van der Waals surface area (Å²) in [6.45, 7) is 17.9. The van der Waals surface area contributed by atoms with Gasteiger partial charge in [-0.3, -0.25) is 10.2 Å². The van der Waals surface area contributed by atoms with Crippen LogP contribution in [-0.2, 0) is 30.3 Å². The van der Waals surface area contributed by atoms with Crippen LogP contribution in [0.3, 0.4) is 0 Å². The van der Waals surface area contributed by atoms with Gasteiger partial charge in [-0.05, 0) is 47.6 Å². The number of rotatable bonds is 7. The predicted molar refractivity (Wildman–Crippen MR) is 134 cm³/mol. The summed E-state index contributed by atoms with van der Waals surface area (Å²) in [5.41, 5.74) is 3.20. The van der Waals surface area contributed by atoms with E-state index in [0.29, 0.717) is 17.1 Å². The van der Waals surface area contributed by atoms with E-state index in [1.807, 2.05) is 18.3 Å². The molecule has 2 heterocycles. The van der Waals surface area contributed by atoms with Gasteiger partial charge in [-0.15, -0.1) is 0 Å². The van der Waals surface area contributed by atoms with E-state index in [0.717, 1.165) is 30.0 Å². The smallest absolute Gasteiger partial charge is 0.202 e. The number of carbonyl (C=O) groups excluding carboxylic acids is 1. The van der Waals surface area contributed by atoms with Gasteiger partial charge in [-0.25, -0.2) is 0 Å². The molecule has 1 unspecified atom stereocenters. The van der Waals surface area contributed by atoms with Crippen molar-refractivity contribution in [3.63, 3.8) is 0 Å². The maximum Gasteiger partial charge on any atom is 0.202 e. The number of imidazole rings is 1. The van der Waals surface area contributed by atoms with Crippen molar-refractivity contribution in [2.45, 2.75) is 105 Å². The highest BCUT2D eigenvalue weighted by molar-refractivity contribution is 5.96. The average Bonchev–Trinajstić information content (AvgIpc) is 3.23. The van der Waals surface area contributed by atoms with E-state index in [1.54, 1.807) is 4.57 Å². The first kappa shape index (κ1) is 25.3. The van der Waals surface area contributed by atoms with Gasteiger partial charge in [0.25, 0.3) is 0 Å². The number of benzene rings is 1. The van der Waals surface area contributed by atoms with Gasteiger partial charge in [0.2, 0.25) is 5.62 Å². The van der Waals surface area contributed by atoms with E-state index >= 15 is 0 Å². The maximum atomic E-state index is 13.4. The van der Waals surface area contributed by atoms with Crippen LogP contribution in [0.25, 0.3) is 0 Å². The van der Waals surface area contributed by atoms with Gasteiger partial charge in [0, 0.05) is 35.1 Å². The van der Waals surface area contributed by atoms with Crippen LogP contribution in [0.4, 0.5) is 0 Å². The Bertz CT molecular complexity index is 1040. The van der Waals surface area contributed by atoms with E-state index in [2.05, 4.69) is 60.0 Å². The zero-order valence-electron chi connectivity index (χ0n) is 21.9. The molecule has 1 aliphatic heterocycles. The van der Waals surface area contributed by atoms with Crippen molar-refractivity contribution >= 4 is 5.78 Å². The summed E-state index contributed by atoms with van der Waals surface area (Å²) in [5, 5.41) is 19.6. The Kier molecular flexibility index (Phi) is 7.02. The molecule has 5 heteroatoms. The number of fused-ring (bicyclic) bond motifs is 1. The van der Waals surface area contributed by atoms with Crippen LogP contribution in [0.5, 0.6) is 5.75 Å². The Morgan fingerprint density at radius 2 is 1.64 bits per heavy atom. The maximum absolute atomic E-state index is 13.4. The van der Waals surface area contributed by atoms with Crippen molar-refractivity contribution in [3.8, 4) is 5.75 Å². The molecule has 3 rings (SSSR count). The Morgan fingerprint density at radius 1 is 1.09 bits per heavy atom. The Labute approximate surface area is 199 Å². The summed E-state index contributed by atoms with van der Waals surface area (Å²) in [5.74, 6) is 1.61. The lowest BCUT2D eigenvalue weighted by Crippen LogP contribution is -2.28. The largest absolute Gasteiger partial charge is 0.507 e. The quantitative estimate of drug-likeness (QED) is 0.508. The first-order chi connectivity index (χ1) is 15.3. The van der Waals surface area contributed by atoms with Crippen molar-refractivity contribution in [1.29, 1.82) is 5.41 Å². The second kappa shape index (κ2) is 9.15. The van der Waals surface area contributed by atoms with Crippen LogP contribution in [-0.4, -0.2) is 20.0 Å². The summed E-state index contributed by atoms with van der Waals surface area (Å²) >= 11 is 0. The van der Waals surface area contributed by atoms with Crippen molar-refractivity contribution in [2.24, 2.45) is 11.8 Å². The second-order valence-electron chi connectivity index (χ2n) is 12.0. The molecule has 0 radical (unpaired) electrons. The number of ketones is 1. The number of phenols is 1. The average molecular weight is 454 g/mol. The number of nitrogens with one attached hydrogen (secondary N) is 1. The highest BCUT2D eigenvalue weighted by Crippen LogP contribution is 2.40. The first-order valence-corrected chi connectivity index (χ1v) is 12.5. The zero-order chi connectivity index (χ0) is 24.7. The van der Waals surface area contributed by atoms with Crippen molar-refractivity contribution < 1.29 is 9.90 Å². The number of aromatic nitrogens is 2. The number of hydrogen-bond donors (Lipinski definition) is 2. The fraction of sp³-hybridized carbons (Fsp3) is 0.643. The van der Waals surface area contributed by atoms with Crippen LogP contribution in [0, 0.1) is 17.2 Å². The second-order valence-corrected chi connectivity index (χ2v) is 12.0. The molecule has 0 saturated carbocycles. The minimum absolute atomic E-state index is 0.0256. The van der Waals surface area contributed by atoms with Gasteiger partial charge in [0.1, 0.15) is 5.75 Å². The molecule has 0 bridgehead atoms. The van der Waals surface area contributed by atoms with E-state index < -0.39 is 0 Å². The van der Waals surface area contributed by atoms with Gasteiger partial charge in [0.05, 0.1) is 6.54 Å². The number of aromatic hydroxyl groups is 1. The van der Waals surface area contributed by atoms with Crippen LogP contribution in [0.2, 0.25) is 0 Å². The molecular formula is C28H43N3O2. The Hall–Kier alpha value is -2.30. The van der Waals surface area contributed by atoms with Crippen molar-refractivity contribution in [3.05, 3.63) is 46.3 Å². The molecule has 182 valence electrons. The normalized spacial score (nSPS) is 16.5. The van der Waals surface area contributed by atoms with E-state index in [4.69, 9.17) is 5.41 Å². The van der Waals surface area contributed by atoms with Crippen LogP contribution in [0.15, 0.2) is 18.3 Å². The van der Waals surface area contributed by atoms with Crippen molar-refractivity contribution in [2.75, 3.05) is 0 Å². The molecule has 0 aliphatic carbocycles. The Morgan fingerprint density at radius 3 is 2.09 bits per heavy atom. The number of nitrogens with zero attached hydrogens (tertiary/aromatic N) is 2. The third-order valence-corrected chi connectivity index (χ3v) is 7.30. The summed E-state index contributed by atoms with van der Waals surface area (Å²) in [6.07, 6.45) is 6.63.